The van der Waals surface area contributed by atoms with E-state index in [1.807, 2.05) is 18.2 Å². The van der Waals surface area contributed by atoms with Gasteiger partial charge in [0.2, 0.25) is 5.91 Å². The van der Waals surface area contributed by atoms with Crippen molar-refractivity contribution >= 4 is 11.8 Å². The molecule has 1 aliphatic rings. The summed E-state index contributed by atoms with van der Waals surface area (Å²) in [4.78, 5) is 29.0. The van der Waals surface area contributed by atoms with Crippen molar-refractivity contribution < 1.29 is 19.1 Å². The Morgan fingerprint density at radius 1 is 1.13 bits per heavy atom. The molecule has 1 heterocycles. The topological polar surface area (TPSA) is 59.1 Å². The number of hydrogen-bond acceptors (Lipinski definition) is 4. The lowest BCUT2D eigenvalue weighted by Gasteiger charge is -2.43. The minimum atomic E-state index is -1.09. The van der Waals surface area contributed by atoms with Gasteiger partial charge in [0.1, 0.15) is 0 Å². The average Bonchev–Trinajstić information content (AvgIpc) is 2.77. The standard InChI is InChI=1S/C25H32N2O4/c1-19-6-5-7-22(16-19)21-10-8-20(9-11-21)17-25(24(29)26(2)3)18-27(13-15-31-25)23(28)12-14-30-4/h5-11,16H,12-15,17-18H2,1-4H3/t25-/m0/s1. The molecule has 1 saturated heterocycles. The van der Waals surface area contributed by atoms with Crippen molar-refractivity contribution in [2.75, 3.05) is 47.5 Å². The zero-order valence-corrected chi connectivity index (χ0v) is 18.9. The molecule has 1 atom stereocenters. The first-order valence-electron chi connectivity index (χ1n) is 10.6. The summed E-state index contributed by atoms with van der Waals surface area (Å²) in [5, 5.41) is 0. The summed E-state index contributed by atoms with van der Waals surface area (Å²) in [6.07, 6.45) is 0.708. The van der Waals surface area contributed by atoms with Crippen LogP contribution >= 0.6 is 0 Å². The highest BCUT2D eigenvalue weighted by Gasteiger charge is 2.45. The molecule has 2 amide bonds. The van der Waals surface area contributed by atoms with Gasteiger partial charge in [-0.05, 0) is 23.6 Å². The number of rotatable bonds is 7. The van der Waals surface area contributed by atoms with E-state index in [2.05, 4.69) is 37.3 Å². The molecular weight excluding hydrogens is 392 g/mol. The normalized spacial score (nSPS) is 18.6. The molecule has 6 nitrogen and oxygen atoms in total. The molecule has 0 aliphatic carbocycles. The minimum Gasteiger partial charge on any atom is -0.384 e. The number of nitrogens with zero attached hydrogens (tertiary/aromatic N) is 2. The van der Waals surface area contributed by atoms with Crippen molar-refractivity contribution in [2.45, 2.75) is 25.4 Å². The van der Waals surface area contributed by atoms with Crippen LogP contribution in [-0.4, -0.2) is 74.7 Å². The maximum atomic E-state index is 13.2. The fourth-order valence-corrected chi connectivity index (χ4v) is 4.03. The summed E-state index contributed by atoms with van der Waals surface area (Å²) in [5.41, 5.74) is 3.41. The highest BCUT2D eigenvalue weighted by molar-refractivity contribution is 5.87. The molecule has 0 spiro atoms. The smallest absolute Gasteiger partial charge is 0.256 e. The van der Waals surface area contributed by atoms with Gasteiger partial charge in [0, 0.05) is 34.2 Å². The molecule has 0 saturated carbocycles. The second kappa shape index (κ2) is 10.1. The maximum absolute atomic E-state index is 13.2. The molecule has 0 radical (unpaired) electrons. The Morgan fingerprint density at radius 2 is 1.87 bits per heavy atom. The van der Waals surface area contributed by atoms with Crippen LogP contribution in [0.1, 0.15) is 17.5 Å². The number of ether oxygens (including phenoxy) is 2. The fraction of sp³-hybridized carbons (Fsp3) is 0.440. The zero-order valence-electron chi connectivity index (χ0n) is 18.9. The largest absolute Gasteiger partial charge is 0.384 e. The summed E-state index contributed by atoms with van der Waals surface area (Å²) in [7, 11) is 5.02. The van der Waals surface area contributed by atoms with E-state index in [0.29, 0.717) is 32.6 Å². The van der Waals surface area contributed by atoms with Crippen molar-refractivity contribution in [3.63, 3.8) is 0 Å². The third-order valence-electron chi connectivity index (χ3n) is 5.65. The van der Waals surface area contributed by atoms with Gasteiger partial charge in [-0.25, -0.2) is 0 Å². The van der Waals surface area contributed by atoms with Gasteiger partial charge in [-0.2, -0.15) is 0 Å². The third-order valence-corrected chi connectivity index (χ3v) is 5.65. The van der Waals surface area contributed by atoms with Crippen LogP contribution in [0.2, 0.25) is 0 Å². The van der Waals surface area contributed by atoms with Gasteiger partial charge >= 0.3 is 0 Å². The summed E-state index contributed by atoms with van der Waals surface area (Å²) >= 11 is 0. The number of likely N-dealkylation sites (N-methyl/N-ethyl adjacent to an activating group) is 1. The number of amides is 2. The summed E-state index contributed by atoms with van der Waals surface area (Å²) in [6, 6.07) is 16.6. The van der Waals surface area contributed by atoms with Gasteiger partial charge in [-0.1, -0.05) is 54.1 Å². The molecule has 2 aromatic carbocycles. The first-order valence-corrected chi connectivity index (χ1v) is 10.6. The Bertz CT molecular complexity index is 910. The first-order chi connectivity index (χ1) is 14.8. The Morgan fingerprint density at radius 3 is 2.52 bits per heavy atom. The van der Waals surface area contributed by atoms with Gasteiger partial charge in [0.25, 0.3) is 5.91 Å². The minimum absolute atomic E-state index is 0.0177. The molecule has 0 aromatic heterocycles. The van der Waals surface area contributed by atoms with Crippen molar-refractivity contribution in [3.05, 3.63) is 59.7 Å². The highest BCUT2D eigenvalue weighted by Crippen LogP contribution is 2.28. The lowest BCUT2D eigenvalue weighted by Crippen LogP contribution is -2.61. The number of carbonyl (C=O) groups is 2. The van der Waals surface area contributed by atoms with E-state index in [-0.39, 0.29) is 18.4 Å². The SMILES string of the molecule is COCCC(=O)N1CCO[C@](Cc2ccc(-c3cccc(C)c3)cc2)(C(=O)N(C)C)C1. The van der Waals surface area contributed by atoms with Crippen LogP contribution in [0.4, 0.5) is 0 Å². The molecule has 0 bridgehead atoms. The maximum Gasteiger partial charge on any atom is 0.256 e. The van der Waals surface area contributed by atoms with E-state index in [1.54, 1.807) is 31.0 Å². The van der Waals surface area contributed by atoms with E-state index >= 15 is 0 Å². The number of methoxy groups -OCH3 is 1. The van der Waals surface area contributed by atoms with Gasteiger partial charge in [-0.15, -0.1) is 0 Å². The predicted octanol–water partition coefficient (Wildman–Crippen LogP) is 2.93. The number of carbonyl (C=O) groups excluding carboxylic acids is 2. The van der Waals surface area contributed by atoms with Gasteiger partial charge in [-0.3, -0.25) is 9.59 Å². The zero-order chi connectivity index (χ0) is 22.4. The summed E-state index contributed by atoms with van der Waals surface area (Å²) < 4.78 is 11.1. The van der Waals surface area contributed by atoms with Crippen LogP contribution < -0.4 is 0 Å². The molecule has 1 fully saturated rings. The molecule has 6 heteroatoms. The molecule has 2 aromatic rings. The molecule has 1 aliphatic heterocycles. The second-order valence-corrected chi connectivity index (χ2v) is 8.34. The average molecular weight is 425 g/mol. The van der Waals surface area contributed by atoms with Crippen LogP contribution in [-0.2, 0) is 25.5 Å². The monoisotopic (exact) mass is 424 g/mol. The molecule has 166 valence electrons. The number of aryl methyl sites for hydroxylation is 1. The van der Waals surface area contributed by atoms with E-state index in [4.69, 9.17) is 9.47 Å². The predicted molar refractivity (Wildman–Crippen MR) is 121 cm³/mol. The van der Waals surface area contributed by atoms with Gasteiger partial charge < -0.3 is 19.3 Å². The highest BCUT2D eigenvalue weighted by atomic mass is 16.5. The fourth-order valence-electron chi connectivity index (χ4n) is 4.03. The first kappa shape index (κ1) is 23.0. The summed E-state index contributed by atoms with van der Waals surface area (Å²) in [5.74, 6) is -0.143. The van der Waals surface area contributed by atoms with Crippen LogP contribution in [0.25, 0.3) is 11.1 Å². The Kier molecular flexibility index (Phi) is 7.46. The van der Waals surface area contributed by atoms with Crippen LogP contribution in [0.15, 0.2) is 48.5 Å². The molecule has 31 heavy (non-hydrogen) atoms. The van der Waals surface area contributed by atoms with E-state index < -0.39 is 5.60 Å². The molecule has 3 rings (SSSR count). The lowest BCUT2D eigenvalue weighted by atomic mass is 9.89. The van der Waals surface area contributed by atoms with Crippen molar-refractivity contribution in [3.8, 4) is 11.1 Å². The van der Waals surface area contributed by atoms with Crippen molar-refractivity contribution in [1.82, 2.24) is 9.80 Å². The van der Waals surface area contributed by atoms with E-state index in [9.17, 15) is 9.59 Å². The molecular formula is C25H32N2O4. The van der Waals surface area contributed by atoms with Crippen molar-refractivity contribution in [1.29, 1.82) is 0 Å². The third kappa shape index (κ3) is 5.51. The van der Waals surface area contributed by atoms with E-state index in [0.717, 1.165) is 16.7 Å². The quantitative estimate of drug-likeness (QED) is 0.686. The van der Waals surface area contributed by atoms with Gasteiger partial charge in [0.15, 0.2) is 5.60 Å². The molecule has 0 unspecified atom stereocenters. The Hall–Kier alpha value is -2.70. The van der Waals surface area contributed by atoms with Crippen LogP contribution in [0.3, 0.4) is 0 Å². The molecule has 0 N–H and O–H groups in total. The van der Waals surface area contributed by atoms with E-state index in [1.165, 1.54) is 5.56 Å². The number of hydrogen-bond donors (Lipinski definition) is 0. The van der Waals surface area contributed by atoms with Gasteiger partial charge in [0.05, 0.1) is 26.2 Å². The Balaban J connectivity index is 1.82. The summed E-state index contributed by atoms with van der Waals surface area (Å²) in [6.45, 7) is 3.50. The number of benzene rings is 2. The Labute approximate surface area is 184 Å². The van der Waals surface area contributed by atoms with Crippen LogP contribution in [0.5, 0.6) is 0 Å². The number of morpholine rings is 1. The lowest BCUT2D eigenvalue weighted by molar-refractivity contribution is -0.172. The van der Waals surface area contributed by atoms with Crippen molar-refractivity contribution in [2.24, 2.45) is 0 Å². The second-order valence-electron chi connectivity index (χ2n) is 8.34. The van der Waals surface area contributed by atoms with Crippen LogP contribution in [0, 0.1) is 6.92 Å².